The average Bonchev–Trinajstić information content (AvgIpc) is 3.18. The van der Waals surface area contributed by atoms with E-state index < -0.39 is 0 Å². The Morgan fingerprint density at radius 1 is 1.10 bits per heavy atom. The Hall–Kier alpha value is -2.84. The Kier molecular flexibility index (Phi) is 4.96. The number of aromatic nitrogens is 1. The summed E-state index contributed by atoms with van der Waals surface area (Å²) in [7, 11) is 0. The number of rotatable bonds is 3. The van der Waals surface area contributed by atoms with Crippen LogP contribution in [0.2, 0.25) is 0 Å². The van der Waals surface area contributed by atoms with Crippen LogP contribution in [0.3, 0.4) is 0 Å². The number of carbonyl (C=O) groups is 2. The number of hydrogen-bond donors (Lipinski definition) is 0. The van der Waals surface area contributed by atoms with Gasteiger partial charge < -0.3 is 9.32 Å². The second-order valence-electron chi connectivity index (χ2n) is 7.70. The first-order valence-corrected chi connectivity index (χ1v) is 11.0. The SMILES string of the molecule is O=C1CCCc2nc(CN3CCN(C(=O)c4cc(=O)c5ccccc5o4)CC3)sc21. The summed E-state index contributed by atoms with van der Waals surface area (Å²) in [6.07, 6.45) is 2.40. The molecule has 1 fully saturated rings. The summed E-state index contributed by atoms with van der Waals surface area (Å²) in [4.78, 5) is 46.6. The molecule has 1 saturated heterocycles. The molecule has 1 aliphatic heterocycles. The third-order valence-electron chi connectivity index (χ3n) is 5.68. The normalized spacial score (nSPS) is 17.3. The molecule has 8 heteroatoms. The van der Waals surface area contributed by atoms with Gasteiger partial charge in [-0.25, -0.2) is 4.98 Å². The summed E-state index contributed by atoms with van der Waals surface area (Å²) >= 11 is 1.51. The number of carbonyl (C=O) groups excluding carboxylic acids is 2. The first-order chi connectivity index (χ1) is 14.6. The first-order valence-electron chi connectivity index (χ1n) is 10.1. The summed E-state index contributed by atoms with van der Waals surface area (Å²) in [6.45, 7) is 3.22. The average molecular weight is 423 g/mol. The van der Waals surface area contributed by atoms with Gasteiger partial charge in [-0.3, -0.25) is 19.3 Å². The summed E-state index contributed by atoms with van der Waals surface area (Å²) in [5.74, 6) is 0.0402. The summed E-state index contributed by atoms with van der Waals surface area (Å²) in [5, 5.41) is 1.44. The van der Waals surface area contributed by atoms with Crippen LogP contribution >= 0.6 is 11.3 Å². The lowest BCUT2D eigenvalue weighted by molar-refractivity contribution is 0.0598. The number of para-hydroxylation sites is 1. The zero-order valence-corrected chi connectivity index (χ0v) is 17.2. The Bertz CT molecular complexity index is 1190. The maximum atomic E-state index is 12.9. The number of ketones is 1. The molecule has 0 radical (unpaired) electrons. The van der Waals surface area contributed by atoms with Crippen LogP contribution in [0.15, 0.2) is 39.5 Å². The van der Waals surface area contributed by atoms with E-state index in [1.165, 1.54) is 17.4 Å². The Morgan fingerprint density at radius 2 is 1.90 bits per heavy atom. The van der Waals surface area contributed by atoms with Crippen LogP contribution in [-0.4, -0.2) is 52.7 Å². The highest BCUT2D eigenvalue weighted by Gasteiger charge is 2.26. The van der Waals surface area contributed by atoms with Crippen molar-refractivity contribution in [1.82, 2.24) is 14.8 Å². The van der Waals surface area contributed by atoms with E-state index >= 15 is 0 Å². The third kappa shape index (κ3) is 3.57. The van der Waals surface area contributed by atoms with Gasteiger partial charge in [-0.15, -0.1) is 11.3 Å². The zero-order valence-electron chi connectivity index (χ0n) is 16.4. The lowest BCUT2D eigenvalue weighted by atomic mass is 10.0. The van der Waals surface area contributed by atoms with Gasteiger partial charge in [-0.05, 0) is 25.0 Å². The van der Waals surface area contributed by atoms with Crippen LogP contribution < -0.4 is 5.43 Å². The van der Waals surface area contributed by atoms with Gasteiger partial charge in [0.05, 0.1) is 22.5 Å². The van der Waals surface area contributed by atoms with Gasteiger partial charge in [-0.2, -0.15) is 0 Å². The predicted octanol–water partition coefficient (Wildman–Crippen LogP) is 2.73. The number of thiazole rings is 1. The predicted molar refractivity (Wildman–Crippen MR) is 113 cm³/mol. The van der Waals surface area contributed by atoms with Crippen LogP contribution in [0.5, 0.6) is 0 Å². The van der Waals surface area contributed by atoms with E-state index in [0.717, 1.165) is 28.4 Å². The van der Waals surface area contributed by atoms with Gasteiger partial charge >= 0.3 is 0 Å². The number of hydrogen-bond acceptors (Lipinski definition) is 7. The minimum absolute atomic E-state index is 0.0817. The van der Waals surface area contributed by atoms with Gasteiger partial charge in [-0.1, -0.05) is 12.1 Å². The molecule has 0 bridgehead atoms. The van der Waals surface area contributed by atoms with Crippen molar-refractivity contribution in [3.8, 4) is 0 Å². The fraction of sp³-hybridized carbons (Fsp3) is 0.364. The molecule has 3 heterocycles. The highest BCUT2D eigenvalue weighted by molar-refractivity contribution is 7.13. The van der Waals surface area contributed by atoms with Crippen molar-refractivity contribution in [3.05, 3.63) is 61.9 Å². The molecule has 2 aliphatic rings. The van der Waals surface area contributed by atoms with Crippen molar-refractivity contribution in [2.24, 2.45) is 0 Å². The molecule has 1 aliphatic carbocycles. The number of piperazine rings is 1. The minimum Gasteiger partial charge on any atom is -0.451 e. The number of amides is 1. The van der Waals surface area contributed by atoms with Crippen molar-refractivity contribution in [3.63, 3.8) is 0 Å². The summed E-state index contributed by atoms with van der Waals surface area (Å²) in [6, 6.07) is 8.23. The Morgan fingerprint density at radius 3 is 2.70 bits per heavy atom. The Balaban J connectivity index is 1.24. The standard InChI is InChI=1S/C22H21N3O4S/c26-16-6-3-5-15-21(16)30-20(23-15)13-24-8-10-25(11-9-24)22(28)19-12-17(27)14-4-1-2-7-18(14)29-19/h1-2,4,7,12H,3,5-6,8-11,13H2. The lowest BCUT2D eigenvalue weighted by Gasteiger charge is -2.33. The molecular formula is C22H21N3O4S. The second kappa shape index (κ2) is 7.77. The van der Waals surface area contributed by atoms with Gasteiger partial charge in [0, 0.05) is 38.7 Å². The van der Waals surface area contributed by atoms with E-state index in [9.17, 15) is 14.4 Å². The number of aryl methyl sites for hydroxylation is 1. The molecule has 0 saturated carbocycles. The van der Waals surface area contributed by atoms with Gasteiger partial charge in [0.1, 0.15) is 10.6 Å². The van der Waals surface area contributed by atoms with E-state index in [0.29, 0.717) is 50.1 Å². The minimum atomic E-state index is -0.257. The molecule has 2 aromatic heterocycles. The molecule has 154 valence electrons. The van der Waals surface area contributed by atoms with Gasteiger partial charge in [0.15, 0.2) is 17.0 Å². The second-order valence-corrected chi connectivity index (χ2v) is 8.78. The maximum absolute atomic E-state index is 12.9. The van der Waals surface area contributed by atoms with Crippen molar-refractivity contribution in [2.75, 3.05) is 26.2 Å². The van der Waals surface area contributed by atoms with Crippen LogP contribution in [0.4, 0.5) is 0 Å². The molecular weight excluding hydrogens is 402 g/mol. The molecule has 1 aromatic carbocycles. The number of Topliss-reactive ketones (excluding diaryl/α,β-unsaturated/α-hetero) is 1. The monoisotopic (exact) mass is 423 g/mol. The van der Waals surface area contributed by atoms with Crippen LogP contribution in [0, 0.1) is 0 Å². The van der Waals surface area contributed by atoms with E-state index in [2.05, 4.69) is 9.88 Å². The van der Waals surface area contributed by atoms with E-state index in [-0.39, 0.29) is 22.9 Å². The van der Waals surface area contributed by atoms with Crippen LogP contribution in [0.1, 0.15) is 43.8 Å². The molecule has 7 nitrogen and oxygen atoms in total. The quantitative estimate of drug-likeness (QED) is 0.644. The van der Waals surface area contributed by atoms with Crippen molar-refractivity contribution < 1.29 is 14.0 Å². The van der Waals surface area contributed by atoms with Crippen LogP contribution in [-0.2, 0) is 13.0 Å². The fourth-order valence-corrected chi connectivity index (χ4v) is 5.17. The molecule has 3 aromatic rings. The molecule has 0 unspecified atom stereocenters. The van der Waals surface area contributed by atoms with E-state index in [4.69, 9.17) is 4.42 Å². The number of nitrogens with zero attached hydrogens (tertiary/aromatic N) is 3. The van der Waals surface area contributed by atoms with Crippen molar-refractivity contribution in [2.45, 2.75) is 25.8 Å². The van der Waals surface area contributed by atoms with Gasteiger partial charge in [0.25, 0.3) is 5.91 Å². The highest BCUT2D eigenvalue weighted by Crippen LogP contribution is 2.27. The first kappa shape index (κ1) is 19.1. The number of fused-ring (bicyclic) bond motifs is 2. The molecule has 1 amide bonds. The lowest BCUT2D eigenvalue weighted by Crippen LogP contribution is -2.48. The molecule has 30 heavy (non-hydrogen) atoms. The number of benzene rings is 1. The molecule has 0 N–H and O–H groups in total. The molecule has 5 rings (SSSR count). The maximum Gasteiger partial charge on any atom is 0.289 e. The largest absolute Gasteiger partial charge is 0.451 e. The van der Waals surface area contributed by atoms with Crippen molar-refractivity contribution in [1.29, 1.82) is 0 Å². The summed E-state index contributed by atoms with van der Waals surface area (Å²) in [5.41, 5.74) is 1.17. The fourth-order valence-electron chi connectivity index (χ4n) is 4.05. The zero-order chi connectivity index (χ0) is 20.7. The molecule has 0 atom stereocenters. The highest BCUT2D eigenvalue weighted by atomic mass is 32.1. The van der Waals surface area contributed by atoms with Crippen LogP contribution in [0.25, 0.3) is 11.0 Å². The topological polar surface area (TPSA) is 83.7 Å². The summed E-state index contributed by atoms with van der Waals surface area (Å²) < 4.78 is 5.69. The molecule has 0 spiro atoms. The smallest absolute Gasteiger partial charge is 0.289 e. The van der Waals surface area contributed by atoms with E-state index in [1.807, 2.05) is 0 Å². The Labute approximate surface area is 176 Å². The third-order valence-corrected chi connectivity index (χ3v) is 6.80. The van der Waals surface area contributed by atoms with Gasteiger partial charge in [0.2, 0.25) is 0 Å². The van der Waals surface area contributed by atoms with E-state index in [1.54, 1.807) is 29.2 Å². The van der Waals surface area contributed by atoms with Crippen molar-refractivity contribution >= 4 is 34.0 Å².